The third kappa shape index (κ3) is 1.35. The minimum absolute atomic E-state index is 0.156. The quantitative estimate of drug-likeness (QED) is 0.699. The highest BCUT2D eigenvalue weighted by Crippen LogP contribution is 2.46. The zero-order valence-electron chi connectivity index (χ0n) is 7.36. The van der Waals surface area contributed by atoms with Crippen LogP contribution in [0.5, 0.6) is 0 Å². The second-order valence-corrected chi connectivity index (χ2v) is 3.56. The van der Waals surface area contributed by atoms with Gasteiger partial charge in [-0.1, -0.05) is 0 Å². The van der Waals surface area contributed by atoms with Crippen molar-refractivity contribution in [2.45, 2.75) is 12.8 Å². The number of carbonyl (C=O) groups excluding carboxylic acids is 1. The number of Topliss-reactive ketones (excluding diaryl/α,β-unsaturated/α-hetero) is 1. The number of ketones is 1. The maximum absolute atomic E-state index is 11.8. The van der Waals surface area contributed by atoms with Crippen LogP contribution in [0, 0.1) is 5.41 Å². The lowest BCUT2D eigenvalue weighted by Crippen LogP contribution is -2.25. The number of carbonyl (C=O) groups is 1. The molecule has 68 valence electrons. The summed E-state index contributed by atoms with van der Waals surface area (Å²) in [4.78, 5) is 15.8. The SMILES string of the molecule is NCC1(C(=O)c2cccnc2)CC1. The minimum atomic E-state index is -0.247. The summed E-state index contributed by atoms with van der Waals surface area (Å²) in [5.41, 5.74) is 6.00. The van der Waals surface area contributed by atoms with E-state index in [-0.39, 0.29) is 11.2 Å². The molecule has 0 bridgehead atoms. The van der Waals surface area contributed by atoms with Gasteiger partial charge in [-0.2, -0.15) is 0 Å². The van der Waals surface area contributed by atoms with E-state index >= 15 is 0 Å². The summed E-state index contributed by atoms with van der Waals surface area (Å²) >= 11 is 0. The number of nitrogens with two attached hydrogens (primary N) is 1. The first-order valence-electron chi connectivity index (χ1n) is 4.43. The lowest BCUT2D eigenvalue weighted by molar-refractivity contribution is 0.0905. The highest BCUT2D eigenvalue weighted by atomic mass is 16.1. The summed E-state index contributed by atoms with van der Waals surface area (Å²) in [5.74, 6) is 0.156. The first kappa shape index (κ1) is 8.38. The predicted molar refractivity (Wildman–Crippen MR) is 49.3 cm³/mol. The van der Waals surface area contributed by atoms with Gasteiger partial charge in [-0.25, -0.2) is 0 Å². The first-order chi connectivity index (χ1) is 6.28. The molecule has 1 aromatic rings. The van der Waals surface area contributed by atoms with Gasteiger partial charge >= 0.3 is 0 Å². The van der Waals surface area contributed by atoms with Crippen molar-refractivity contribution in [3.8, 4) is 0 Å². The van der Waals surface area contributed by atoms with Gasteiger partial charge in [-0.15, -0.1) is 0 Å². The summed E-state index contributed by atoms with van der Waals surface area (Å²) in [6.07, 6.45) is 5.13. The molecule has 0 spiro atoms. The normalized spacial score (nSPS) is 18.2. The van der Waals surface area contributed by atoms with Crippen LogP contribution in [0.4, 0.5) is 0 Å². The molecule has 0 aliphatic heterocycles. The Morgan fingerprint density at radius 3 is 2.85 bits per heavy atom. The van der Waals surface area contributed by atoms with Crippen LogP contribution in [0.2, 0.25) is 0 Å². The van der Waals surface area contributed by atoms with Gasteiger partial charge in [-0.05, 0) is 25.0 Å². The summed E-state index contributed by atoms with van der Waals surface area (Å²) in [7, 11) is 0. The summed E-state index contributed by atoms with van der Waals surface area (Å²) in [6, 6.07) is 3.57. The molecular weight excluding hydrogens is 164 g/mol. The summed E-state index contributed by atoms with van der Waals surface area (Å²) < 4.78 is 0. The Hall–Kier alpha value is -1.22. The number of aromatic nitrogens is 1. The molecule has 1 saturated carbocycles. The number of nitrogens with zero attached hydrogens (tertiary/aromatic N) is 1. The fourth-order valence-corrected chi connectivity index (χ4v) is 1.48. The Kier molecular flexibility index (Phi) is 1.88. The van der Waals surface area contributed by atoms with Gasteiger partial charge in [0.2, 0.25) is 0 Å². The molecule has 2 N–H and O–H groups in total. The van der Waals surface area contributed by atoms with Crippen LogP contribution in [-0.2, 0) is 0 Å². The van der Waals surface area contributed by atoms with Crippen LogP contribution in [0.15, 0.2) is 24.5 Å². The maximum Gasteiger partial charge on any atom is 0.171 e. The van der Waals surface area contributed by atoms with E-state index in [0.717, 1.165) is 12.8 Å². The summed E-state index contributed by atoms with van der Waals surface area (Å²) in [5, 5.41) is 0. The molecule has 0 aromatic carbocycles. The van der Waals surface area contributed by atoms with E-state index in [1.807, 2.05) is 0 Å². The van der Waals surface area contributed by atoms with E-state index in [1.165, 1.54) is 0 Å². The molecule has 0 saturated heterocycles. The van der Waals surface area contributed by atoms with Gasteiger partial charge in [0.05, 0.1) is 0 Å². The van der Waals surface area contributed by atoms with E-state index in [4.69, 9.17) is 5.73 Å². The number of hydrogen-bond acceptors (Lipinski definition) is 3. The zero-order valence-corrected chi connectivity index (χ0v) is 7.36. The Labute approximate surface area is 77.0 Å². The number of rotatable bonds is 3. The van der Waals surface area contributed by atoms with Gasteiger partial charge in [0.1, 0.15) is 0 Å². The van der Waals surface area contributed by atoms with Crippen molar-refractivity contribution in [1.82, 2.24) is 4.98 Å². The van der Waals surface area contributed by atoms with Crippen LogP contribution < -0.4 is 5.73 Å². The fourth-order valence-electron chi connectivity index (χ4n) is 1.48. The van der Waals surface area contributed by atoms with Crippen molar-refractivity contribution in [3.63, 3.8) is 0 Å². The minimum Gasteiger partial charge on any atom is -0.329 e. The second-order valence-electron chi connectivity index (χ2n) is 3.56. The first-order valence-corrected chi connectivity index (χ1v) is 4.43. The Morgan fingerprint density at radius 2 is 2.38 bits per heavy atom. The average Bonchev–Trinajstić information content (AvgIpc) is 2.99. The molecule has 1 aliphatic rings. The zero-order chi connectivity index (χ0) is 9.31. The molecule has 1 aliphatic carbocycles. The van der Waals surface area contributed by atoms with Crippen LogP contribution in [-0.4, -0.2) is 17.3 Å². The molecule has 3 heteroatoms. The van der Waals surface area contributed by atoms with E-state index < -0.39 is 0 Å². The molecule has 13 heavy (non-hydrogen) atoms. The van der Waals surface area contributed by atoms with E-state index in [1.54, 1.807) is 24.5 Å². The molecule has 3 nitrogen and oxygen atoms in total. The van der Waals surface area contributed by atoms with Crippen LogP contribution >= 0.6 is 0 Å². The Balaban J connectivity index is 2.24. The van der Waals surface area contributed by atoms with Crippen molar-refractivity contribution >= 4 is 5.78 Å². The third-order valence-corrected chi connectivity index (χ3v) is 2.65. The van der Waals surface area contributed by atoms with Crippen LogP contribution in [0.1, 0.15) is 23.2 Å². The largest absolute Gasteiger partial charge is 0.329 e. The monoisotopic (exact) mass is 176 g/mol. The van der Waals surface area contributed by atoms with E-state index in [0.29, 0.717) is 12.1 Å². The van der Waals surface area contributed by atoms with Crippen molar-refractivity contribution in [1.29, 1.82) is 0 Å². The fraction of sp³-hybridized carbons (Fsp3) is 0.400. The molecule has 1 aromatic heterocycles. The van der Waals surface area contributed by atoms with Gasteiger partial charge in [0, 0.05) is 29.9 Å². The van der Waals surface area contributed by atoms with Gasteiger partial charge in [0.15, 0.2) is 5.78 Å². The second kappa shape index (κ2) is 2.92. The lowest BCUT2D eigenvalue weighted by atomic mass is 9.96. The highest BCUT2D eigenvalue weighted by Gasteiger charge is 2.48. The Morgan fingerprint density at radius 1 is 1.62 bits per heavy atom. The maximum atomic E-state index is 11.8. The topological polar surface area (TPSA) is 56.0 Å². The Bertz CT molecular complexity index is 317. The molecule has 1 heterocycles. The van der Waals surface area contributed by atoms with Crippen LogP contribution in [0.25, 0.3) is 0 Å². The molecular formula is C10H12N2O. The number of pyridine rings is 1. The average molecular weight is 176 g/mol. The van der Waals surface area contributed by atoms with E-state index in [9.17, 15) is 4.79 Å². The summed E-state index contributed by atoms with van der Waals surface area (Å²) in [6.45, 7) is 0.459. The molecule has 2 rings (SSSR count). The van der Waals surface area contributed by atoms with Gasteiger partial charge in [0.25, 0.3) is 0 Å². The predicted octanol–water partition coefficient (Wildman–Crippen LogP) is 1.00. The van der Waals surface area contributed by atoms with Crippen molar-refractivity contribution in [2.24, 2.45) is 11.1 Å². The molecule has 0 radical (unpaired) electrons. The number of hydrogen-bond donors (Lipinski definition) is 1. The highest BCUT2D eigenvalue weighted by molar-refractivity contribution is 6.02. The van der Waals surface area contributed by atoms with Crippen molar-refractivity contribution < 1.29 is 4.79 Å². The van der Waals surface area contributed by atoms with Crippen molar-refractivity contribution in [3.05, 3.63) is 30.1 Å². The lowest BCUT2D eigenvalue weighted by Gasteiger charge is -2.09. The van der Waals surface area contributed by atoms with Gasteiger partial charge in [-0.3, -0.25) is 9.78 Å². The molecule has 1 fully saturated rings. The van der Waals surface area contributed by atoms with Crippen LogP contribution in [0.3, 0.4) is 0 Å². The molecule has 0 atom stereocenters. The molecule has 0 unspecified atom stereocenters. The third-order valence-electron chi connectivity index (χ3n) is 2.65. The standard InChI is InChI=1S/C10H12N2O/c11-7-10(3-4-10)9(13)8-2-1-5-12-6-8/h1-2,5-6H,3-4,7,11H2. The van der Waals surface area contributed by atoms with E-state index in [2.05, 4.69) is 4.98 Å². The van der Waals surface area contributed by atoms with Gasteiger partial charge < -0.3 is 5.73 Å². The van der Waals surface area contributed by atoms with Crippen molar-refractivity contribution in [2.75, 3.05) is 6.54 Å². The smallest absolute Gasteiger partial charge is 0.171 e. The molecule has 0 amide bonds.